The van der Waals surface area contributed by atoms with E-state index < -0.39 is 5.91 Å². The number of nitrogens with zero attached hydrogens (tertiary/aromatic N) is 2. The molecule has 2 aromatic heterocycles. The predicted molar refractivity (Wildman–Crippen MR) is 125 cm³/mol. The van der Waals surface area contributed by atoms with Crippen molar-refractivity contribution in [3.8, 4) is 0 Å². The van der Waals surface area contributed by atoms with Gasteiger partial charge in [0.15, 0.2) is 0 Å². The van der Waals surface area contributed by atoms with Crippen molar-refractivity contribution in [1.82, 2.24) is 14.9 Å². The molecule has 0 spiro atoms. The van der Waals surface area contributed by atoms with E-state index in [2.05, 4.69) is 15.8 Å². The molecule has 8 heteroatoms. The molecule has 174 valence electrons. The number of amides is 1. The van der Waals surface area contributed by atoms with E-state index >= 15 is 0 Å². The summed E-state index contributed by atoms with van der Waals surface area (Å²) in [5.74, 6) is 0.0108. The van der Waals surface area contributed by atoms with Gasteiger partial charge in [0, 0.05) is 12.8 Å². The topological polar surface area (TPSA) is 87.9 Å². The van der Waals surface area contributed by atoms with Crippen molar-refractivity contribution in [3.05, 3.63) is 59.8 Å². The van der Waals surface area contributed by atoms with E-state index in [1.54, 1.807) is 41.2 Å². The van der Waals surface area contributed by atoms with Gasteiger partial charge in [-0.1, -0.05) is 33.8 Å². The normalized spacial score (nSPS) is 12.3. The highest BCUT2D eigenvalue weighted by Crippen LogP contribution is 2.41. The molecule has 0 aliphatic heterocycles. The number of halogens is 1. The van der Waals surface area contributed by atoms with Gasteiger partial charge in [-0.25, -0.2) is 14.9 Å². The fraction of sp³-hybridized carbons (Fsp3) is 0.417. The van der Waals surface area contributed by atoms with Gasteiger partial charge >= 0.3 is 0 Å². The van der Waals surface area contributed by atoms with Crippen molar-refractivity contribution in [2.75, 3.05) is 18.5 Å². The van der Waals surface area contributed by atoms with Crippen molar-refractivity contribution in [2.45, 2.75) is 52.9 Å². The van der Waals surface area contributed by atoms with Crippen LogP contribution in [0.5, 0.6) is 0 Å². The van der Waals surface area contributed by atoms with E-state index in [1.165, 1.54) is 0 Å². The molecule has 0 radical (unpaired) electrons. The quantitative estimate of drug-likeness (QED) is 0.329. The predicted octanol–water partition coefficient (Wildman–Crippen LogP) is 5.19. The fourth-order valence-corrected chi connectivity index (χ4v) is 3.06. The van der Waals surface area contributed by atoms with E-state index in [-0.39, 0.29) is 24.7 Å². The lowest BCUT2D eigenvalue weighted by Gasteiger charge is -2.12. The molecule has 0 unspecified atom stereocenters. The number of fused-ring (bicyclic) bond motifs is 1. The lowest BCUT2D eigenvalue weighted by Crippen LogP contribution is -2.25. The maximum absolute atomic E-state index is 14.6. The summed E-state index contributed by atoms with van der Waals surface area (Å²) in [4.78, 5) is 21.7. The summed E-state index contributed by atoms with van der Waals surface area (Å²) >= 11 is 0. The van der Waals surface area contributed by atoms with Gasteiger partial charge < -0.3 is 10.4 Å². The molecule has 0 atom stereocenters. The van der Waals surface area contributed by atoms with Crippen LogP contribution in [0.1, 0.15) is 68.8 Å². The van der Waals surface area contributed by atoms with Gasteiger partial charge in [-0.2, -0.15) is 0 Å². The summed E-state index contributed by atoms with van der Waals surface area (Å²) < 4.78 is 16.3. The van der Waals surface area contributed by atoms with Crippen LogP contribution in [-0.2, 0) is 4.84 Å². The Hall–Kier alpha value is -2.97. The second-order valence-electron chi connectivity index (χ2n) is 6.78. The molecule has 0 saturated heterocycles. The Morgan fingerprint density at radius 2 is 1.97 bits per heavy atom. The number of hydrogen-bond donors (Lipinski definition) is 3. The van der Waals surface area contributed by atoms with Gasteiger partial charge in [0.2, 0.25) is 0 Å². The van der Waals surface area contributed by atoms with Crippen LogP contribution in [0.25, 0.3) is 5.52 Å². The second-order valence-corrected chi connectivity index (χ2v) is 6.78. The van der Waals surface area contributed by atoms with E-state index in [1.807, 2.05) is 33.8 Å². The first-order chi connectivity index (χ1) is 15.7. The SMILES string of the molecule is CC.CC.O=C(NOCCCO)c1cc2ccncn2c1Nc1ccc(C2CC2)cc1F. The molecule has 2 heterocycles. The maximum Gasteiger partial charge on any atom is 0.278 e. The zero-order valence-corrected chi connectivity index (χ0v) is 19.2. The number of anilines is 2. The van der Waals surface area contributed by atoms with Crippen molar-refractivity contribution in [1.29, 1.82) is 0 Å². The summed E-state index contributed by atoms with van der Waals surface area (Å²) in [6, 6.07) is 8.57. The minimum atomic E-state index is -0.473. The average molecular weight is 445 g/mol. The number of aromatic nitrogens is 2. The van der Waals surface area contributed by atoms with E-state index in [0.717, 1.165) is 23.9 Å². The standard InChI is InChI=1S/C20H21FN4O3.2C2H6/c21-17-10-14(13-2-3-13)4-5-18(17)23-19-16(20(27)24-28-9-1-8-26)11-15-6-7-22-12-25(15)19;2*1-2/h4-7,10-13,23,26H,1-3,8-9H2,(H,24,27);2*1-2H3. The molecule has 4 rings (SSSR count). The number of nitrogens with one attached hydrogen (secondary N) is 2. The van der Waals surface area contributed by atoms with Crippen LogP contribution in [-0.4, -0.2) is 33.6 Å². The molecule has 1 aliphatic carbocycles. The summed E-state index contributed by atoms with van der Waals surface area (Å²) in [6.45, 7) is 8.16. The monoisotopic (exact) mass is 444 g/mol. The average Bonchev–Trinajstić information content (AvgIpc) is 3.62. The molecule has 32 heavy (non-hydrogen) atoms. The first kappa shape index (κ1) is 25.3. The summed E-state index contributed by atoms with van der Waals surface area (Å²) in [5, 5.41) is 11.8. The molecule has 3 aromatic rings. The smallest absolute Gasteiger partial charge is 0.278 e. The Bertz CT molecular complexity index is 1000. The van der Waals surface area contributed by atoms with Gasteiger partial charge in [0.1, 0.15) is 18.0 Å². The second kappa shape index (κ2) is 12.8. The number of aliphatic hydroxyl groups excluding tert-OH is 1. The van der Waals surface area contributed by atoms with Crippen LogP contribution >= 0.6 is 0 Å². The van der Waals surface area contributed by atoms with Crippen LogP contribution in [0, 0.1) is 5.82 Å². The number of benzene rings is 1. The highest BCUT2D eigenvalue weighted by atomic mass is 19.1. The number of hydroxylamine groups is 1. The number of rotatable bonds is 8. The minimum Gasteiger partial charge on any atom is -0.396 e. The Morgan fingerprint density at radius 3 is 2.62 bits per heavy atom. The van der Waals surface area contributed by atoms with Crippen molar-refractivity contribution < 1.29 is 19.1 Å². The molecule has 7 nitrogen and oxygen atoms in total. The minimum absolute atomic E-state index is 0.0272. The molecule has 1 aliphatic rings. The zero-order valence-electron chi connectivity index (χ0n) is 19.2. The Labute approximate surface area is 188 Å². The van der Waals surface area contributed by atoms with Crippen LogP contribution in [0.2, 0.25) is 0 Å². The van der Waals surface area contributed by atoms with Gasteiger partial charge in [-0.05, 0) is 55.0 Å². The Balaban J connectivity index is 0.000000860. The lowest BCUT2D eigenvalue weighted by molar-refractivity contribution is 0.0262. The van der Waals surface area contributed by atoms with Crippen LogP contribution < -0.4 is 10.8 Å². The fourth-order valence-electron chi connectivity index (χ4n) is 3.06. The molecule has 0 bridgehead atoms. The molecular formula is C24H33FN4O3. The van der Waals surface area contributed by atoms with Gasteiger partial charge in [0.25, 0.3) is 5.91 Å². The summed E-state index contributed by atoms with van der Waals surface area (Å²) in [7, 11) is 0. The lowest BCUT2D eigenvalue weighted by atomic mass is 10.1. The number of carbonyl (C=O) groups excluding carboxylic acids is 1. The van der Waals surface area contributed by atoms with E-state index in [0.29, 0.717) is 23.7 Å². The van der Waals surface area contributed by atoms with Crippen molar-refractivity contribution in [3.63, 3.8) is 0 Å². The van der Waals surface area contributed by atoms with Gasteiger partial charge in [-0.15, -0.1) is 0 Å². The van der Waals surface area contributed by atoms with Crippen LogP contribution in [0.4, 0.5) is 15.9 Å². The van der Waals surface area contributed by atoms with E-state index in [4.69, 9.17) is 9.94 Å². The zero-order chi connectivity index (χ0) is 23.5. The molecule has 1 amide bonds. The molecule has 1 saturated carbocycles. The first-order valence-electron chi connectivity index (χ1n) is 11.2. The van der Waals surface area contributed by atoms with Crippen molar-refractivity contribution >= 4 is 22.9 Å². The Morgan fingerprint density at radius 1 is 1.22 bits per heavy atom. The summed E-state index contributed by atoms with van der Waals surface area (Å²) in [6.07, 6.45) is 5.77. The number of hydrogen-bond acceptors (Lipinski definition) is 5. The van der Waals surface area contributed by atoms with Gasteiger partial charge in [-0.3, -0.25) is 14.0 Å². The number of aliphatic hydroxyl groups is 1. The maximum atomic E-state index is 14.6. The number of carbonyl (C=O) groups is 1. The van der Waals surface area contributed by atoms with Crippen molar-refractivity contribution in [2.24, 2.45) is 0 Å². The molecule has 1 aromatic carbocycles. The third-order valence-corrected chi connectivity index (χ3v) is 4.69. The third-order valence-electron chi connectivity index (χ3n) is 4.69. The largest absolute Gasteiger partial charge is 0.396 e. The highest BCUT2D eigenvalue weighted by molar-refractivity contribution is 6.01. The molecule has 1 fully saturated rings. The van der Waals surface area contributed by atoms with Crippen LogP contribution in [0.3, 0.4) is 0 Å². The third kappa shape index (κ3) is 6.27. The Kier molecular flexibility index (Phi) is 10.1. The van der Waals surface area contributed by atoms with Gasteiger partial charge in [0.05, 0.1) is 23.4 Å². The molecular weight excluding hydrogens is 411 g/mol. The highest BCUT2D eigenvalue weighted by Gasteiger charge is 2.25. The molecule has 3 N–H and O–H groups in total. The summed E-state index contributed by atoms with van der Waals surface area (Å²) in [5.41, 5.74) is 4.66. The first-order valence-corrected chi connectivity index (χ1v) is 11.2. The van der Waals surface area contributed by atoms with Crippen LogP contribution in [0.15, 0.2) is 42.9 Å². The van der Waals surface area contributed by atoms with E-state index in [9.17, 15) is 9.18 Å².